The van der Waals surface area contributed by atoms with Crippen molar-refractivity contribution in [3.8, 4) is 17.5 Å². The lowest BCUT2D eigenvalue weighted by Crippen LogP contribution is -2.38. The SMILES string of the molecule is N#Cc1c(-c2ccccn2)nc(N2CCOCC2)[nH]c1=O. The highest BCUT2D eigenvalue weighted by molar-refractivity contribution is 5.63. The molecule has 1 N–H and O–H groups in total. The van der Waals surface area contributed by atoms with Crippen LogP contribution in [0.1, 0.15) is 5.56 Å². The van der Waals surface area contributed by atoms with E-state index < -0.39 is 5.56 Å². The fraction of sp³-hybridized carbons (Fsp3) is 0.286. The predicted molar refractivity (Wildman–Crippen MR) is 75.8 cm³/mol. The quantitative estimate of drug-likeness (QED) is 0.864. The van der Waals surface area contributed by atoms with Gasteiger partial charge in [0, 0.05) is 19.3 Å². The summed E-state index contributed by atoms with van der Waals surface area (Å²) < 4.78 is 5.29. The van der Waals surface area contributed by atoms with E-state index in [9.17, 15) is 10.1 Å². The van der Waals surface area contributed by atoms with Gasteiger partial charge in [-0.1, -0.05) is 6.07 Å². The van der Waals surface area contributed by atoms with Crippen molar-refractivity contribution >= 4 is 5.95 Å². The molecule has 1 aliphatic rings. The Balaban J connectivity index is 2.11. The molecule has 0 aliphatic carbocycles. The average Bonchev–Trinajstić information content (AvgIpc) is 2.55. The minimum Gasteiger partial charge on any atom is -0.378 e. The second kappa shape index (κ2) is 5.73. The maximum atomic E-state index is 12.1. The fourth-order valence-corrected chi connectivity index (χ4v) is 2.18. The normalized spacial score (nSPS) is 14.7. The fourth-order valence-electron chi connectivity index (χ4n) is 2.18. The molecule has 0 radical (unpaired) electrons. The van der Waals surface area contributed by atoms with Crippen LogP contribution in [0.25, 0.3) is 11.4 Å². The number of pyridine rings is 1. The number of morpholine rings is 1. The van der Waals surface area contributed by atoms with Gasteiger partial charge in [-0.05, 0) is 12.1 Å². The van der Waals surface area contributed by atoms with Crippen molar-refractivity contribution < 1.29 is 4.74 Å². The number of nitrogens with zero attached hydrogens (tertiary/aromatic N) is 4. The minimum atomic E-state index is -0.449. The lowest BCUT2D eigenvalue weighted by atomic mass is 10.2. The van der Waals surface area contributed by atoms with Gasteiger partial charge in [0.15, 0.2) is 0 Å². The van der Waals surface area contributed by atoms with E-state index in [2.05, 4.69) is 15.0 Å². The summed E-state index contributed by atoms with van der Waals surface area (Å²) in [5.74, 6) is 0.447. The van der Waals surface area contributed by atoms with Crippen LogP contribution >= 0.6 is 0 Å². The highest BCUT2D eigenvalue weighted by atomic mass is 16.5. The van der Waals surface area contributed by atoms with E-state index in [1.54, 1.807) is 24.4 Å². The largest absolute Gasteiger partial charge is 0.378 e. The van der Waals surface area contributed by atoms with Gasteiger partial charge >= 0.3 is 0 Å². The molecule has 106 valence electrons. The number of anilines is 1. The molecule has 1 aliphatic heterocycles. The van der Waals surface area contributed by atoms with Crippen LogP contribution in [0.4, 0.5) is 5.95 Å². The van der Waals surface area contributed by atoms with E-state index in [1.165, 1.54) is 0 Å². The molecule has 7 heteroatoms. The van der Waals surface area contributed by atoms with E-state index in [4.69, 9.17) is 4.74 Å². The van der Waals surface area contributed by atoms with Crippen LogP contribution in [0.15, 0.2) is 29.2 Å². The number of ether oxygens (including phenoxy) is 1. The van der Waals surface area contributed by atoms with Crippen LogP contribution in [0.5, 0.6) is 0 Å². The van der Waals surface area contributed by atoms with E-state index in [0.29, 0.717) is 43.6 Å². The van der Waals surface area contributed by atoms with Crippen LogP contribution in [0, 0.1) is 11.3 Å². The monoisotopic (exact) mass is 283 g/mol. The molecule has 21 heavy (non-hydrogen) atoms. The number of aromatic amines is 1. The first kappa shape index (κ1) is 13.3. The first-order valence-electron chi connectivity index (χ1n) is 6.58. The molecule has 0 aromatic carbocycles. The number of H-pyrrole nitrogens is 1. The van der Waals surface area contributed by atoms with Crippen LogP contribution in [-0.4, -0.2) is 41.3 Å². The third-order valence-electron chi connectivity index (χ3n) is 3.24. The Morgan fingerprint density at radius 3 is 2.81 bits per heavy atom. The van der Waals surface area contributed by atoms with Crippen molar-refractivity contribution in [2.45, 2.75) is 0 Å². The van der Waals surface area contributed by atoms with Gasteiger partial charge < -0.3 is 9.64 Å². The van der Waals surface area contributed by atoms with E-state index in [-0.39, 0.29) is 5.56 Å². The van der Waals surface area contributed by atoms with Crippen molar-refractivity contribution in [1.82, 2.24) is 15.0 Å². The van der Waals surface area contributed by atoms with Gasteiger partial charge in [-0.15, -0.1) is 0 Å². The number of hydrogen-bond acceptors (Lipinski definition) is 6. The van der Waals surface area contributed by atoms with Gasteiger partial charge in [-0.3, -0.25) is 14.8 Å². The molecule has 0 saturated carbocycles. The highest BCUT2D eigenvalue weighted by Gasteiger charge is 2.19. The molecule has 0 bridgehead atoms. The van der Waals surface area contributed by atoms with Crippen LogP contribution in [0.3, 0.4) is 0 Å². The first-order valence-corrected chi connectivity index (χ1v) is 6.58. The molecule has 0 spiro atoms. The van der Waals surface area contributed by atoms with Gasteiger partial charge in [0.05, 0.1) is 18.9 Å². The maximum Gasteiger partial charge on any atom is 0.270 e. The zero-order chi connectivity index (χ0) is 14.7. The topological polar surface area (TPSA) is 94.9 Å². The molecule has 2 aromatic heterocycles. The molecule has 3 heterocycles. The molecule has 0 atom stereocenters. The molecule has 0 amide bonds. The molecule has 1 saturated heterocycles. The summed E-state index contributed by atoms with van der Waals surface area (Å²) in [4.78, 5) is 25.3. The lowest BCUT2D eigenvalue weighted by Gasteiger charge is -2.27. The lowest BCUT2D eigenvalue weighted by molar-refractivity contribution is 0.122. The Morgan fingerprint density at radius 2 is 2.14 bits per heavy atom. The first-order chi connectivity index (χ1) is 10.3. The summed E-state index contributed by atoms with van der Waals surface area (Å²) in [6, 6.07) is 7.19. The summed E-state index contributed by atoms with van der Waals surface area (Å²) in [6.07, 6.45) is 1.60. The Labute approximate surface area is 120 Å². The Bertz CT molecular complexity index is 729. The van der Waals surface area contributed by atoms with Crippen molar-refractivity contribution in [1.29, 1.82) is 5.26 Å². The Hall–Kier alpha value is -2.72. The van der Waals surface area contributed by atoms with Crippen LogP contribution in [-0.2, 0) is 4.74 Å². The molecule has 7 nitrogen and oxygen atoms in total. The Kier molecular flexibility index (Phi) is 3.62. The van der Waals surface area contributed by atoms with Gasteiger partial charge in [-0.2, -0.15) is 5.26 Å². The molecular formula is C14H13N5O2. The second-order valence-corrected chi connectivity index (χ2v) is 4.54. The summed E-state index contributed by atoms with van der Waals surface area (Å²) in [5, 5.41) is 9.19. The standard InChI is InChI=1S/C14H13N5O2/c15-9-10-12(11-3-1-2-4-16-11)17-14(18-13(10)20)19-5-7-21-8-6-19/h1-4H,5-8H2,(H,17,18,20). The van der Waals surface area contributed by atoms with Gasteiger partial charge in [0.1, 0.15) is 17.3 Å². The molecule has 2 aromatic rings. The maximum absolute atomic E-state index is 12.1. The van der Waals surface area contributed by atoms with Gasteiger partial charge in [0.25, 0.3) is 5.56 Å². The number of hydrogen-bond donors (Lipinski definition) is 1. The summed E-state index contributed by atoms with van der Waals surface area (Å²) in [7, 11) is 0. The number of rotatable bonds is 2. The number of nitriles is 1. The highest BCUT2D eigenvalue weighted by Crippen LogP contribution is 2.19. The summed E-state index contributed by atoms with van der Waals surface area (Å²) in [6.45, 7) is 2.47. The average molecular weight is 283 g/mol. The smallest absolute Gasteiger partial charge is 0.270 e. The van der Waals surface area contributed by atoms with Crippen LogP contribution in [0.2, 0.25) is 0 Å². The molecule has 1 fully saturated rings. The third-order valence-corrected chi connectivity index (χ3v) is 3.24. The van der Waals surface area contributed by atoms with Crippen molar-refractivity contribution in [2.24, 2.45) is 0 Å². The van der Waals surface area contributed by atoms with Crippen LogP contribution < -0.4 is 10.5 Å². The van der Waals surface area contributed by atoms with E-state index in [0.717, 1.165) is 0 Å². The summed E-state index contributed by atoms with van der Waals surface area (Å²) >= 11 is 0. The number of aromatic nitrogens is 3. The molecule has 0 unspecified atom stereocenters. The van der Waals surface area contributed by atoms with Gasteiger partial charge in [-0.25, -0.2) is 4.98 Å². The van der Waals surface area contributed by atoms with Gasteiger partial charge in [0.2, 0.25) is 5.95 Å². The predicted octanol–water partition coefficient (Wildman–Crippen LogP) is 0.540. The molecular weight excluding hydrogens is 270 g/mol. The summed E-state index contributed by atoms with van der Waals surface area (Å²) in [5.41, 5.74) is 0.346. The van der Waals surface area contributed by atoms with Crippen molar-refractivity contribution in [3.05, 3.63) is 40.3 Å². The number of nitrogens with one attached hydrogen (secondary N) is 1. The van der Waals surface area contributed by atoms with Crippen molar-refractivity contribution in [2.75, 3.05) is 31.2 Å². The zero-order valence-electron chi connectivity index (χ0n) is 11.2. The van der Waals surface area contributed by atoms with E-state index in [1.807, 2.05) is 11.0 Å². The second-order valence-electron chi connectivity index (χ2n) is 4.54. The minimum absolute atomic E-state index is 0.0225. The zero-order valence-corrected chi connectivity index (χ0v) is 11.2. The van der Waals surface area contributed by atoms with Crippen molar-refractivity contribution in [3.63, 3.8) is 0 Å². The third kappa shape index (κ3) is 2.61. The molecule has 3 rings (SSSR count). The van der Waals surface area contributed by atoms with E-state index >= 15 is 0 Å². The Morgan fingerprint density at radius 1 is 1.33 bits per heavy atom.